The third kappa shape index (κ3) is 3.16. The Morgan fingerprint density at radius 3 is 2.69 bits per heavy atom. The van der Waals surface area contributed by atoms with Gasteiger partial charge in [-0.1, -0.05) is 41.9 Å². The van der Waals surface area contributed by atoms with Gasteiger partial charge in [-0.3, -0.25) is 4.79 Å². The third-order valence-electron chi connectivity index (χ3n) is 3.16. The predicted molar refractivity (Wildman–Crippen MR) is 70.3 cm³/mol. The number of carbonyl (C=O) groups is 1. The van der Waals surface area contributed by atoms with Crippen molar-refractivity contribution in [3.05, 3.63) is 34.3 Å². The van der Waals surface area contributed by atoms with Crippen molar-refractivity contribution in [2.75, 3.05) is 6.54 Å². The average molecular weight is 284 g/mol. The van der Waals surface area contributed by atoms with E-state index in [1.807, 2.05) is 38.1 Å². The van der Waals surface area contributed by atoms with Crippen LogP contribution in [0.5, 0.6) is 0 Å². The van der Waals surface area contributed by atoms with Gasteiger partial charge >= 0.3 is 0 Å². The summed E-state index contributed by atoms with van der Waals surface area (Å²) >= 11 is 3.40. The van der Waals surface area contributed by atoms with Crippen LogP contribution in [0.15, 0.2) is 28.7 Å². The average Bonchev–Trinajstić information content (AvgIpc) is 2.28. The zero-order chi connectivity index (χ0) is 12.2. The first-order chi connectivity index (χ1) is 7.51. The lowest BCUT2D eigenvalue weighted by Gasteiger charge is -2.24. The summed E-state index contributed by atoms with van der Waals surface area (Å²) in [6.07, 6.45) is 1.25. The van der Waals surface area contributed by atoms with Crippen LogP contribution in [0.2, 0.25) is 0 Å². The highest BCUT2D eigenvalue weighted by atomic mass is 79.9. The summed E-state index contributed by atoms with van der Waals surface area (Å²) in [5.74, 6) is 0.218. The van der Waals surface area contributed by atoms with Crippen LogP contribution in [0.1, 0.15) is 25.8 Å². The maximum absolute atomic E-state index is 12.1. The molecule has 0 spiro atoms. The SMILES string of the molecule is CCC(C)(CN)C(=O)Cc1cccc(Br)c1. The largest absolute Gasteiger partial charge is 0.329 e. The first-order valence-corrected chi connectivity index (χ1v) is 6.29. The van der Waals surface area contributed by atoms with Crippen molar-refractivity contribution >= 4 is 21.7 Å². The number of nitrogens with two attached hydrogens (primary N) is 1. The molecule has 2 N–H and O–H groups in total. The number of carbonyl (C=O) groups excluding carboxylic acids is 1. The fourth-order valence-corrected chi connectivity index (χ4v) is 1.95. The Balaban J connectivity index is 2.78. The molecule has 88 valence electrons. The first-order valence-electron chi connectivity index (χ1n) is 5.49. The Kier molecular flexibility index (Phi) is 4.69. The number of benzene rings is 1. The molecule has 0 bridgehead atoms. The summed E-state index contributed by atoms with van der Waals surface area (Å²) < 4.78 is 1.00. The second-order valence-corrected chi connectivity index (χ2v) is 5.26. The smallest absolute Gasteiger partial charge is 0.144 e. The van der Waals surface area contributed by atoms with E-state index in [1.165, 1.54) is 0 Å². The van der Waals surface area contributed by atoms with Crippen molar-refractivity contribution in [3.8, 4) is 0 Å². The van der Waals surface area contributed by atoms with E-state index in [0.29, 0.717) is 13.0 Å². The van der Waals surface area contributed by atoms with Gasteiger partial charge in [-0.2, -0.15) is 0 Å². The zero-order valence-corrected chi connectivity index (χ0v) is 11.4. The van der Waals surface area contributed by atoms with Crippen molar-refractivity contribution in [1.82, 2.24) is 0 Å². The number of hydrogen-bond acceptors (Lipinski definition) is 2. The van der Waals surface area contributed by atoms with Crippen LogP contribution in [0, 0.1) is 5.41 Å². The highest BCUT2D eigenvalue weighted by Crippen LogP contribution is 2.23. The molecule has 1 aromatic rings. The molecule has 0 saturated carbocycles. The van der Waals surface area contributed by atoms with Gasteiger partial charge in [0.1, 0.15) is 5.78 Å². The molecule has 0 aliphatic heterocycles. The minimum atomic E-state index is -0.387. The van der Waals surface area contributed by atoms with Crippen LogP contribution >= 0.6 is 15.9 Å². The van der Waals surface area contributed by atoms with Crippen LogP contribution in [-0.2, 0) is 11.2 Å². The fourth-order valence-electron chi connectivity index (χ4n) is 1.50. The maximum Gasteiger partial charge on any atom is 0.144 e. The summed E-state index contributed by atoms with van der Waals surface area (Å²) in [7, 11) is 0. The minimum absolute atomic E-state index is 0.218. The van der Waals surface area contributed by atoms with Crippen LogP contribution in [0.25, 0.3) is 0 Å². The molecule has 1 atom stereocenters. The maximum atomic E-state index is 12.1. The van der Waals surface area contributed by atoms with Gasteiger partial charge in [-0.15, -0.1) is 0 Å². The van der Waals surface area contributed by atoms with Crippen molar-refractivity contribution < 1.29 is 4.79 Å². The highest BCUT2D eigenvalue weighted by Gasteiger charge is 2.28. The van der Waals surface area contributed by atoms with E-state index >= 15 is 0 Å². The molecular weight excluding hydrogens is 266 g/mol. The molecule has 1 rings (SSSR count). The van der Waals surface area contributed by atoms with E-state index in [1.54, 1.807) is 0 Å². The standard InChI is InChI=1S/C13H18BrNO/c1-3-13(2,9-15)12(16)8-10-5-4-6-11(14)7-10/h4-7H,3,8-9,15H2,1-2H3. The van der Waals surface area contributed by atoms with E-state index < -0.39 is 0 Å². The molecule has 2 nitrogen and oxygen atoms in total. The number of rotatable bonds is 5. The van der Waals surface area contributed by atoms with Gasteiger partial charge in [-0.05, 0) is 24.1 Å². The molecule has 1 aromatic carbocycles. The lowest BCUT2D eigenvalue weighted by atomic mass is 9.80. The quantitative estimate of drug-likeness (QED) is 0.903. The number of ketones is 1. The van der Waals surface area contributed by atoms with Gasteiger partial charge in [0.25, 0.3) is 0 Å². The summed E-state index contributed by atoms with van der Waals surface area (Å²) in [6.45, 7) is 4.36. The molecule has 1 unspecified atom stereocenters. The molecule has 0 aliphatic carbocycles. The normalized spacial score (nSPS) is 14.5. The lowest BCUT2D eigenvalue weighted by molar-refractivity contribution is -0.126. The Hall–Kier alpha value is -0.670. The van der Waals surface area contributed by atoms with Gasteiger partial charge < -0.3 is 5.73 Å². The molecule has 0 fully saturated rings. The minimum Gasteiger partial charge on any atom is -0.329 e. The second kappa shape index (κ2) is 5.60. The van der Waals surface area contributed by atoms with Gasteiger partial charge in [0.05, 0.1) is 0 Å². The second-order valence-electron chi connectivity index (χ2n) is 4.35. The molecule has 0 aromatic heterocycles. The molecule has 16 heavy (non-hydrogen) atoms. The van der Waals surface area contributed by atoms with Gasteiger partial charge in [0.2, 0.25) is 0 Å². The Morgan fingerprint density at radius 1 is 1.50 bits per heavy atom. The van der Waals surface area contributed by atoms with E-state index in [4.69, 9.17) is 5.73 Å². The van der Waals surface area contributed by atoms with Crippen molar-refractivity contribution in [1.29, 1.82) is 0 Å². The molecular formula is C13H18BrNO. The molecule has 0 radical (unpaired) electrons. The molecule has 3 heteroatoms. The topological polar surface area (TPSA) is 43.1 Å². The van der Waals surface area contributed by atoms with E-state index in [-0.39, 0.29) is 11.2 Å². The lowest BCUT2D eigenvalue weighted by Crippen LogP contribution is -2.36. The third-order valence-corrected chi connectivity index (χ3v) is 3.65. The summed E-state index contributed by atoms with van der Waals surface area (Å²) in [6, 6.07) is 7.84. The molecule has 0 heterocycles. The molecule has 0 saturated heterocycles. The van der Waals surface area contributed by atoms with Crippen molar-refractivity contribution in [2.45, 2.75) is 26.7 Å². The fraction of sp³-hybridized carbons (Fsp3) is 0.462. The number of Topliss-reactive ketones (excluding diaryl/α,β-unsaturated/α-hetero) is 1. The Morgan fingerprint density at radius 2 is 2.19 bits per heavy atom. The number of halogens is 1. The van der Waals surface area contributed by atoms with Crippen LogP contribution < -0.4 is 5.73 Å². The summed E-state index contributed by atoms with van der Waals surface area (Å²) in [5.41, 5.74) is 6.32. The van der Waals surface area contributed by atoms with E-state index in [9.17, 15) is 4.79 Å². The molecule has 0 amide bonds. The monoisotopic (exact) mass is 283 g/mol. The van der Waals surface area contributed by atoms with Gasteiger partial charge in [0, 0.05) is 22.9 Å². The molecule has 0 aliphatic rings. The van der Waals surface area contributed by atoms with Crippen LogP contribution in [0.4, 0.5) is 0 Å². The van der Waals surface area contributed by atoms with Gasteiger partial charge in [0.15, 0.2) is 0 Å². The van der Waals surface area contributed by atoms with Gasteiger partial charge in [-0.25, -0.2) is 0 Å². The predicted octanol–water partition coefficient (Wildman–Crippen LogP) is 2.94. The van der Waals surface area contributed by atoms with E-state index in [2.05, 4.69) is 15.9 Å². The zero-order valence-electron chi connectivity index (χ0n) is 9.79. The number of hydrogen-bond donors (Lipinski definition) is 1. The summed E-state index contributed by atoms with van der Waals surface area (Å²) in [4.78, 5) is 12.1. The van der Waals surface area contributed by atoms with Crippen LogP contribution in [0.3, 0.4) is 0 Å². The van der Waals surface area contributed by atoms with Crippen molar-refractivity contribution in [3.63, 3.8) is 0 Å². The Bertz CT molecular complexity index is 372. The summed E-state index contributed by atoms with van der Waals surface area (Å²) in [5, 5.41) is 0. The van der Waals surface area contributed by atoms with E-state index in [0.717, 1.165) is 16.5 Å². The highest BCUT2D eigenvalue weighted by molar-refractivity contribution is 9.10. The van der Waals surface area contributed by atoms with Crippen LogP contribution in [-0.4, -0.2) is 12.3 Å². The first kappa shape index (κ1) is 13.4. The Labute approximate surface area is 105 Å². The van der Waals surface area contributed by atoms with Crippen molar-refractivity contribution in [2.24, 2.45) is 11.1 Å².